The Kier molecular flexibility index (Phi) is 6.12. The van der Waals surface area contributed by atoms with Gasteiger partial charge in [-0.3, -0.25) is 0 Å². The van der Waals surface area contributed by atoms with Crippen LogP contribution in [-0.4, -0.2) is 25.0 Å². The van der Waals surface area contributed by atoms with Crippen molar-refractivity contribution in [2.45, 2.75) is 37.8 Å². The molecular formula is C14H22FNOS. The maximum atomic E-state index is 13.8. The second-order valence-corrected chi connectivity index (χ2v) is 6.35. The van der Waals surface area contributed by atoms with Gasteiger partial charge < -0.3 is 10.1 Å². The van der Waals surface area contributed by atoms with E-state index in [1.54, 1.807) is 13.2 Å². The zero-order chi connectivity index (χ0) is 13.6. The minimum Gasteiger partial charge on any atom is -0.384 e. The molecule has 1 aromatic rings. The molecule has 0 unspecified atom stereocenters. The lowest BCUT2D eigenvalue weighted by Gasteiger charge is -2.20. The predicted molar refractivity (Wildman–Crippen MR) is 75.6 cm³/mol. The van der Waals surface area contributed by atoms with Crippen molar-refractivity contribution in [2.24, 2.45) is 0 Å². The molecule has 0 radical (unpaired) electrons. The number of benzene rings is 1. The monoisotopic (exact) mass is 271 g/mol. The second-order valence-electron chi connectivity index (χ2n) is 5.21. The molecule has 4 heteroatoms. The molecule has 1 N–H and O–H groups in total. The first-order chi connectivity index (χ1) is 8.42. The first-order valence-corrected chi connectivity index (χ1v) is 7.06. The zero-order valence-electron chi connectivity index (χ0n) is 11.5. The smallest absolute Gasteiger partial charge is 0.137 e. The normalized spacial score (nSPS) is 11.8. The molecule has 0 aliphatic rings. The van der Waals surface area contributed by atoms with Crippen molar-refractivity contribution in [3.63, 3.8) is 0 Å². The molecule has 0 heterocycles. The van der Waals surface area contributed by atoms with E-state index < -0.39 is 0 Å². The maximum absolute atomic E-state index is 13.8. The van der Waals surface area contributed by atoms with E-state index in [4.69, 9.17) is 4.74 Å². The summed E-state index contributed by atoms with van der Waals surface area (Å²) < 4.78 is 18.8. The third kappa shape index (κ3) is 5.85. The number of ether oxygens (including phenoxy) is 1. The summed E-state index contributed by atoms with van der Waals surface area (Å²) in [6, 6.07) is 5.42. The van der Waals surface area contributed by atoms with Crippen LogP contribution >= 0.6 is 11.8 Å². The number of nitrogens with one attached hydrogen (secondary N) is 1. The molecule has 1 aromatic carbocycles. The molecular weight excluding hydrogens is 249 g/mol. The molecule has 2 nitrogen and oxygen atoms in total. The fourth-order valence-corrected chi connectivity index (χ4v) is 2.20. The second kappa shape index (κ2) is 7.12. The van der Waals surface area contributed by atoms with Gasteiger partial charge in [-0.25, -0.2) is 4.39 Å². The van der Waals surface area contributed by atoms with E-state index in [1.807, 2.05) is 12.1 Å². The first-order valence-electron chi connectivity index (χ1n) is 6.07. The van der Waals surface area contributed by atoms with Gasteiger partial charge in [-0.1, -0.05) is 6.07 Å². The van der Waals surface area contributed by atoms with E-state index in [2.05, 4.69) is 26.1 Å². The van der Waals surface area contributed by atoms with Gasteiger partial charge >= 0.3 is 0 Å². The lowest BCUT2D eigenvalue weighted by atomic mass is 10.1. The molecule has 1 rings (SSSR count). The third-order valence-corrected chi connectivity index (χ3v) is 3.38. The van der Waals surface area contributed by atoms with Gasteiger partial charge in [0.2, 0.25) is 0 Å². The van der Waals surface area contributed by atoms with Gasteiger partial charge in [0.05, 0.1) is 6.61 Å². The molecule has 0 aliphatic heterocycles. The molecule has 0 fully saturated rings. The van der Waals surface area contributed by atoms with E-state index >= 15 is 0 Å². The number of methoxy groups -OCH3 is 1. The van der Waals surface area contributed by atoms with Gasteiger partial charge in [0, 0.05) is 29.8 Å². The molecule has 0 saturated carbocycles. The molecule has 18 heavy (non-hydrogen) atoms. The fraction of sp³-hybridized carbons (Fsp3) is 0.571. The average molecular weight is 271 g/mol. The third-order valence-electron chi connectivity index (χ3n) is 2.36. The Morgan fingerprint density at radius 2 is 2.06 bits per heavy atom. The highest BCUT2D eigenvalue weighted by Crippen LogP contribution is 2.22. The summed E-state index contributed by atoms with van der Waals surface area (Å²) in [6.45, 7) is 7.61. The number of hydrogen-bond acceptors (Lipinski definition) is 3. The Balaban J connectivity index is 2.56. The van der Waals surface area contributed by atoms with Crippen molar-refractivity contribution >= 4 is 11.8 Å². The Morgan fingerprint density at radius 1 is 1.33 bits per heavy atom. The van der Waals surface area contributed by atoms with Crippen LogP contribution in [0.4, 0.5) is 4.39 Å². The Bertz CT molecular complexity index is 377. The molecule has 0 bridgehead atoms. The van der Waals surface area contributed by atoms with Gasteiger partial charge in [0.15, 0.2) is 0 Å². The Morgan fingerprint density at radius 3 is 2.61 bits per heavy atom. The van der Waals surface area contributed by atoms with Crippen LogP contribution in [0.1, 0.15) is 26.3 Å². The molecule has 0 aliphatic carbocycles. The van der Waals surface area contributed by atoms with E-state index in [-0.39, 0.29) is 11.4 Å². The molecule has 0 aromatic heterocycles. The highest BCUT2D eigenvalue weighted by atomic mass is 32.2. The van der Waals surface area contributed by atoms with Crippen LogP contribution in [0.15, 0.2) is 23.1 Å². The van der Waals surface area contributed by atoms with Gasteiger partial charge in [0.1, 0.15) is 5.82 Å². The van der Waals surface area contributed by atoms with Crippen LogP contribution in [0.25, 0.3) is 0 Å². The summed E-state index contributed by atoms with van der Waals surface area (Å²) in [6.07, 6.45) is 0. The topological polar surface area (TPSA) is 21.3 Å². The summed E-state index contributed by atoms with van der Waals surface area (Å²) in [5.41, 5.74) is 1.01. The summed E-state index contributed by atoms with van der Waals surface area (Å²) >= 11 is 1.48. The molecule has 0 atom stereocenters. The van der Waals surface area contributed by atoms with Crippen LogP contribution < -0.4 is 5.32 Å². The van der Waals surface area contributed by atoms with Crippen molar-refractivity contribution in [3.05, 3.63) is 29.6 Å². The molecule has 0 spiro atoms. The van der Waals surface area contributed by atoms with Gasteiger partial charge in [0.25, 0.3) is 0 Å². The van der Waals surface area contributed by atoms with Crippen molar-refractivity contribution in [3.8, 4) is 0 Å². The van der Waals surface area contributed by atoms with Crippen LogP contribution in [-0.2, 0) is 11.3 Å². The summed E-state index contributed by atoms with van der Waals surface area (Å²) in [4.78, 5) is 0.687. The Labute approximate surface area is 113 Å². The van der Waals surface area contributed by atoms with E-state index in [9.17, 15) is 4.39 Å². The quantitative estimate of drug-likeness (QED) is 0.632. The standard InChI is InChI=1S/C14H22FNOS/c1-14(2,3)16-10-11-5-6-13(12(15)9-11)18-8-7-17-4/h5-6,9,16H,7-8,10H2,1-4H3. The number of hydrogen-bond donors (Lipinski definition) is 1. The summed E-state index contributed by atoms with van der Waals surface area (Å²) in [5.74, 6) is 0.622. The number of rotatable bonds is 6. The van der Waals surface area contributed by atoms with Crippen molar-refractivity contribution < 1.29 is 9.13 Å². The van der Waals surface area contributed by atoms with Crippen LogP contribution in [0.2, 0.25) is 0 Å². The summed E-state index contributed by atoms with van der Waals surface area (Å²) in [7, 11) is 1.65. The highest BCUT2D eigenvalue weighted by molar-refractivity contribution is 7.99. The first kappa shape index (κ1) is 15.5. The SMILES string of the molecule is COCCSc1ccc(CNC(C)(C)C)cc1F. The lowest BCUT2D eigenvalue weighted by Crippen LogP contribution is -2.35. The Hall–Kier alpha value is -0.580. The lowest BCUT2D eigenvalue weighted by molar-refractivity contribution is 0.218. The molecule has 102 valence electrons. The van der Waals surface area contributed by atoms with Crippen LogP contribution in [0.5, 0.6) is 0 Å². The van der Waals surface area contributed by atoms with E-state index in [1.165, 1.54) is 11.8 Å². The average Bonchev–Trinajstić information content (AvgIpc) is 2.28. The van der Waals surface area contributed by atoms with Crippen molar-refractivity contribution in [1.82, 2.24) is 5.32 Å². The fourth-order valence-electron chi connectivity index (χ4n) is 1.37. The van der Waals surface area contributed by atoms with Gasteiger partial charge in [-0.2, -0.15) is 0 Å². The summed E-state index contributed by atoms with van der Waals surface area (Å²) in [5, 5.41) is 3.34. The van der Waals surface area contributed by atoms with Crippen molar-refractivity contribution in [2.75, 3.05) is 19.5 Å². The molecule has 0 saturated heterocycles. The molecule has 0 amide bonds. The minimum atomic E-state index is -0.149. The largest absolute Gasteiger partial charge is 0.384 e. The van der Waals surface area contributed by atoms with Crippen LogP contribution in [0.3, 0.4) is 0 Å². The van der Waals surface area contributed by atoms with Crippen molar-refractivity contribution in [1.29, 1.82) is 0 Å². The van der Waals surface area contributed by atoms with E-state index in [0.29, 0.717) is 18.0 Å². The maximum Gasteiger partial charge on any atom is 0.137 e. The minimum absolute atomic E-state index is 0.0440. The number of halogens is 1. The van der Waals surface area contributed by atoms with Crippen LogP contribution in [0, 0.1) is 5.82 Å². The van der Waals surface area contributed by atoms with Gasteiger partial charge in [-0.15, -0.1) is 11.8 Å². The zero-order valence-corrected chi connectivity index (χ0v) is 12.4. The van der Waals surface area contributed by atoms with E-state index in [0.717, 1.165) is 11.3 Å². The predicted octanol–water partition coefficient (Wildman–Crippen LogP) is 3.45. The number of thioether (sulfide) groups is 1. The van der Waals surface area contributed by atoms with Gasteiger partial charge in [-0.05, 0) is 38.5 Å². The highest BCUT2D eigenvalue weighted by Gasteiger charge is 2.09.